The molecule has 0 bridgehead atoms. The fourth-order valence-corrected chi connectivity index (χ4v) is 1.73. The molecule has 5 nitrogen and oxygen atoms in total. The number of hydrogen-bond acceptors (Lipinski definition) is 4. The molecule has 2 aliphatic rings. The summed E-state index contributed by atoms with van der Waals surface area (Å²) in [7, 11) is 1.67. The number of amides is 1. The second kappa shape index (κ2) is 3.59. The summed E-state index contributed by atoms with van der Waals surface area (Å²) in [6, 6.07) is 0. The van der Waals surface area contributed by atoms with Gasteiger partial charge in [0.05, 0.1) is 6.61 Å². The normalized spacial score (nSPS) is 24.2. The number of hydrogen-bond donors (Lipinski definition) is 1. The van der Waals surface area contributed by atoms with E-state index in [1.807, 2.05) is 0 Å². The van der Waals surface area contributed by atoms with Crippen LogP contribution >= 0.6 is 0 Å². The summed E-state index contributed by atoms with van der Waals surface area (Å²) >= 11 is 0. The summed E-state index contributed by atoms with van der Waals surface area (Å²) in [6.45, 7) is 2.82. The first kappa shape index (κ1) is 9.48. The molecule has 0 saturated carbocycles. The van der Waals surface area contributed by atoms with Crippen LogP contribution in [-0.4, -0.2) is 49.8 Å². The highest BCUT2D eigenvalue weighted by Crippen LogP contribution is 2.27. The van der Waals surface area contributed by atoms with Gasteiger partial charge in [-0.2, -0.15) is 0 Å². The van der Waals surface area contributed by atoms with E-state index in [0.29, 0.717) is 19.7 Å². The summed E-state index contributed by atoms with van der Waals surface area (Å²) in [4.78, 5) is 13.6. The zero-order valence-electron chi connectivity index (χ0n) is 8.16. The van der Waals surface area contributed by atoms with Gasteiger partial charge in [-0.25, -0.2) is 0 Å². The van der Waals surface area contributed by atoms with E-state index in [1.54, 1.807) is 7.11 Å². The first-order chi connectivity index (χ1) is 6.77. The Labute approximate surface area is 82.7 Å². The largest absolute Gasteiger partial charge is 0.481 e. The number of methoxy groups -OCH3 is 1. The lowest BCUT2D eigenvalue weighted by Gasteiger charge is -2.48. The Morgan fingerprint density at radius 1 is 1.71 bits per heavy atom. The Kier molecular flexibility index (Phi) is 2.43. The molecule has 0 aromatic rings. The molecule has 78 valence electrons. The lowest BCUT2D eigenvalue weighted by molar-refractivity contribution is -0.163. The summed E-state index contributed by atoms with van der Waals surface area (Å²) in [5, 5.41) is 2.65. The highest BCUT2D eigenvalue weighted by atomic mass is 16.5. The van der Waals surface area contributed by atoms with E-state index in [9.17, 15) is 4.79 Å². The van der Waals surface area contributed by atoms with E-state index < -0.39 is 5.60 Å². The molecule has 0 aromatic heterocycles. The topological polar surface area (TPSA) is 50.8 Å². The molecule has 0 aliphatic carbocycles. The lowest BCUT2D eigenvalue weighted by atomic mass is 9.92. The zero-order valence-corrected chi connectivity index (χ0v) is 8.16. The first-order valence-corrected chi connectivity index (χ1v) is 4.62. The minimum atomic E-state index is -0.636. The third-order valence-electron chi connectivity index (χ3n) is 2.56. The molecule has 5 heteroatoms. The second-order valence-corrected chi connectivity index (χ2v) is 3.59. The van der Waals surface area contributed by atoms with Gasteiger partial charge in [-0.15, -0.1) is 0 Å². The van der Waals surface area contributed by atoms with Gasteiger partial charge in [0.1, 0.15) is 6.26 Å². The van der Waals surface area contributed by atoms with Crippen LogP contribution in [0.1, 0.15) is 0 Å². The number of rotatable bonds is 3. The number of carbonyl (C=O) groups is 1. The van der Waals surface area contributed by atoms with Gasteiger partial charge in [0.15, 0.2) is 0 Å². The highest BCUT2D eigenvalue weighted by molar-refractivity contribution is 5.88. The van der Waals surface area contributed by atoms with Gasteiger partial charge < -0.3 is 14.8 Å². The van der Waals surface area contributed by atoms with Gasteiger partial charge in [0.25, 0.3) is 5.91 Å². The summed E-state index contributed by atoms with van der Waals surface area (Å²) in [6.07, 6.45) is 3.06. The summed E-state index contributed by atoms with van der Waals surface area (Å²) < 4.78 is 10.3. The molecular formula is C9H14N2O3. The van der Waals surface area contributed by atoms with Crippen molar-refractivity contribution in [2.45, 2.75) is 5.60 Å². The van der Waals surface area contributed by atoms with E-state index in [4.69, 9.17) is 9.47 Å². The molecule has 14 heavy (non-hydrogen) atoms. The first-order valence-electron chi connectivity index (χ1n) is 4.62. The smallest absolute Gasteiger partial charge is 0.270 e. The molecular weight excluding hydrogens is 184 g/mol. The van der Waals surface area contributed by atoms with Crippen LogP contribution in [0.4, 0.5) is 0 Å². The Morgan fingerprint density at radius 3 is 3.14 bits per heavy atom. The van der Waals surface area contributed by atoms with Gasteiger partial charge in [0, 0.05) is 32.9 Å². The fraction of sp³-hybridized carbons (Fsp3) is 0.667. The number of nitrogens with one attached hydrogen (secondary N) is 1. The van der Waals surface area contributed by atoms with Gasteiger partial charge in [0.2, 0.25) is 5.60 Å². The van der Waals surface area contributed by atoms with Crippen LogP contribution < -0.4 is 5.32 Å². The number of carbonyl (C=O) groups excluding carboxylic acids is 1. The van der Waals surface area contributed by atoms with Crippen molar-refractivity contribution in [3.8, 4) is 0 Å². The van der Waals surface area contributed by atoms with E-state index in [-0.39, 0.29) is 5.91 Å². The van der Waals surface area contributed by atoms with Crippen molar-refractivity contribution < 1.29 is 14.3 Å². The predicted molar refractivity (Wildman–Crippen MR) is 49.4 cm³/mol. The highest BCUT2D eigenvalue weighted by Gasteiger charge is 2.51. The molecule has 1 N–H and O–H groups in total. The van der Waals surface area contributed by atoms with Crippen molar-refractivity contribution in [1.29, 1.82) is 0 Å². The lowest BCUT2D eigenvalue weighted by Crippen LogP contribution is -2.70. The summed E-state index contributed by atoms with van der Waals surface area (Å²) in [5.41, 5.74) is -0.636. The van der Waals surface area contributed by atoms with E-state index in [0.717, 1.165) is 6.54 Å². The predicted octanol–water partition coefficient (Wildman–Crippen LogP) is -0.695. The van der Waals surface area contributed by atoms with E-state index in [2.05, 4.69) is 10.2 Å². The average Bonchev–Trinajstić information content (AvgIpc) is 2.14. The van der Waals surface area contributed by atoms with E-state index in [1.165, 1.54) is 12.5 Å². The molecule has 1 fully saturated rings. The maximum atomic E-state index is 11.5. The maximum absolute atomic E-state index is 11.5. The number of nitrogens with zero attached hydrogens (tertiary/aromatic N) is 1. The van der Waals surface area contributed by atoms with Crippen LogP contribution in [0.5, 0.6) is 0 Å². The van der Waals surface area contributed by atoms with Crippen molar-refractivity contribution >= 4 is 5.91 Å². The number of likely N-dealkylation sites (tertiary alicyclic amines) is 1. The Morgan fingerprint density at radius 2 is 2.50 bits per heavy atom. The molecule has 0 aromatic carbocycles. The zero-order chi connectivity index (χ0) is 10.0. The molecule has 1 spiro atoms. The van der Waals surface area contributed by atoms with Crippen molar-refractivity contribution in [2.75, 3.05) is 33.4 Å². The van der Waals surface area contributed by atoms with Crippen LogP contribution in [0.3, 0.4) is 0 Å². The number of ether oxygens (including phenoxy) is 2. The van der Waals surface area contributed by atoms with Crippen molar-refractivity contribution in [3.63, 3.8) is 0 Å². The van der Waals surface area contributed by atoms with Crippen molar-refractivity contribution in [3.05, 3.63) is 12.5 Å². The standard InChI is InChI=1S/C9H14N2O3/c1-13-5-3-11-6-9(7-11)8(12)10-2-4-14-9/h2,4H,3,5-7H2,1H3,(H,10,12). The van der Waals surface area contributed by atoms with Gasteiger partial charge in [-0.05, 0) is 0 Å². The Bertz CT molecular complexity index is 259. The van der Waals surface area contributed by atoms with Crippen LogP contribution in [0.2, 0.25) is 0 Å². The molecule has 2 heterocycles. The molecule has 0 atom stereocenters. The second-order valence-electron chi connectivity index (χ2n) is 3.59. The van der Waals surface area contributed by atoms with Gasteiger partial charge >= 0.3 is 0 Å². The monoisotopic (exact) mass is 198 g/mol. The van der Waals surface area contributed by atoms with Crippen LogP contribution in [0, 0.1) is 0 Å². The molecule has 0 radical (unpaired) electrons. The van der Waals surface area contributed by atoms with Crippen LogP contribution in [0.15, 0.2) is 12.5 Å². The molecule has 1 saturated heterocycles. The molecule has 2 rings (SSSR count). The van der Waals surface area contributed by atoms with Crippen molar-refractivity contribution in [2.24, 2.45) is 0 Å². The quantitative estimate of drug-likeness (QED) is 0.652. The fourth-order valence-electron chi connectivity index (χ4n) is 1.73. The van der Waals surface area contributed by atoms with E-state index >= 15 is 0 Å². The third-order valence-corrected chi connectivity index (χ3v) is 2.56. The maximum Gasteiger partial charge on any atom is 0.270 e. The van der Waals surface area contributed by atoms with Crippen LogP contribution in [0.25, 0.3) is 0 Å². The summed E-state index contributed by atoms with van der Waals surface area (Å²) in [5.74, 6) is -0.0475. The Hall–Kier alpha value is -1.07. The molecule has 0 unspecified atom stereocenters. The average molecular weight is 198 g/mol. The molecule has 2 aliphatic heterocycles. The SMILES string of the molecule is COCCN1CC2(C1)OC=CNC2=O. The van der Waals surface area contributed by atoms with Gasteiger partial charge in [-0.3, -0.25) is 9.69 Å². The minimum absolute atomic E-state index is 0.0475. The molecule has 1 amide bonds. The third kappa shape index (κ3) is 1.49. The van der Waals surface area contributed by atoms with Gasteiger partial charge in [-0.1, -0.05) is 0 Å². The minimum Gasteiger partial charge on any atom is -0.481 e. The Balaban J connectivity index is 1.85. The van der Waals surface area contributed by atoms with Crippen LogP contribution in [-0.2, 0) is 14.3 Å². The van der Waals surface area contributed by atoms with Crippen molar-refractivity contribution in [1.82, 2.24) is 10.2 Å².